The third-order valence-electron chi connectivity index (χ3n) is 7.43. The van der Waals surface area contributed by atoms with Crippen LogP contribution in [0.2, 0.25) is 6.04 Å². The highest BCUT2D eigenvalue weighted by molar-refractivity contribution is 9.32. The molecule has 1 aliphatic carbocycles. The van der Waals surface area contributed by atoms with Gasteiger partial charge in [-0.15, -0.1) is 0 Å². The van der Waals surface area contributed by atoms with E-state index >= 15 is 0 Å². The predicted octanol–water partition coefficient (Wildman–Crippen LogP) is 14.3. The van der Waals surface area contributed by atoms with Crippen molar-refractivity contribution in [3.8, 4) is 0 Å². The molecule has 0 aliphatic heterocycles. The van der Waals surface area contributed by atoms with Crippen LogP contribution in [0.4, 0.5) is 0 Å². The van der Waals surface area contributed by atoms with Crippen molar-refractivity contribution in [1.82, 2.24) is 0 Å². The van der Waals surface area contributed by atoms with Crippen LogP contribution in [0.25, 0.3) is 0 Å². The van der Waals surface area contributed by atoms with Crippen molar-refractivity contribution in [2.45, 2.75) is 117 Å². The zero-order valence-electron chi connectivity index (χ0n) is 34.3. The van der Waals surface area contributed by atoms with E-state index in [1.165, 1.54) is 32.1 Å². The minimum absolute atomic E-state index is 0.0554. The summed E-state index contributed by atoms with van der Waals surface area (Å²) in [7, 11) is 14.7. The molecule has 0 saturated heterocycles. The van der Waals surface area contributed by atoms with E-state index in [-0.39, 0.29) is 3.41 Å². The molecule has 0 heterocycles. The summed E-state index contributed by atoms with van der Waals surface area (Å²) in [5, 5.41) is 1.45. The van der Waals surface area contributed by atoms with Crippen molar-refractivity contribution in [3.63, 3.8) is 0 Å². The molecular weight excluding hydrogens is 985 g/mol. The Morgan fingerprint density at radius 3 is 1.15 bits per heavy atom. The van der Waals surface area contributed by atoms with Gasteiger partial charge in [-0.1, -0.05) is 96.9 Å². The first-order valence-electron chi connectivity index (χ1n) is 19.4. The van der Waals surface area contributed by atoms with Gasteiger partial charge in [0.2, 0.25) is 0 Å². The molecule has 0 N–H and O–H groups in total. The van der Waals surface area contributed by atoms with Crippen molar-refractivity contribution >= 4 is 150 Å². The van der Waals surface area contributed by atoms with E-state index in [1.807, 2.05) is 164 Å². The molecular formula is C31H68O9S12Si3. The van der Waals surface area contributed by atoms with Gasteiger partial charge >= 0.3 is 26.4 Å². The second-order valence-electron chi connectivity index (χ2n) is 11.4. The second kappa shape index (κ2) is 36.8. The largest absolute Gasteiger partial charge is 0.512 e. The minimum atomic E-state index is -2.71. The van der Waals surface area contributed by atoms with Gasteiger partial charge in [0.25, 0.3) is 0 Å². The lowest BCUT2D eigenvalue weighted by Crippen LogP contribution is -2.49. The summed E-state index contributed by atoms with van der Waals surface area (Å²) in [4.78, 5) is 0. The molecule has 0 radical (unpaired) electrons. The third kappa shape index (κ3) is 25.5. The molecule has 0 atom stereocenters. The van der Waals surface area contributed by atoms with Crippen LogP contribution in [0, 0.1) is 5.92 Å². The Bertz CT molecular complexity index is 815. The monoisotopic (exact) mass is 1050 g/mol. The maximum absolute atomic E-state index is 6.13. The molecule has 0 spiro atoms. The van der Waals surface area contributed by atoms with E-state index < -0.39 is 26.4 Å². The fourth-order valence-corrected chi connectivity index (χ4v) is 44.1. The van der Waals surface area contributed by atoms with E-state index in [1.54, 1.807) is 21.6 Å². The number of rotatable bonds is 40. The molecule has 0 bridgehead atoms. The molecule has 55 heavy (non-hydrogen) atoms. The zero-order chi connectivity index (χ0) is 40.6. The number of hydrogen-bond donors (Lipinski definition) is 0. The minimum Gasteiger partial charge on any atom is -0.374 e. The quantitative estimate of drug-likeness (QED) is 0.0252. The SMILES string of the molecule is CCO[Si](CCCSSSSC(CC1CCCCC1)(SSSSC[Si](OCC)(OCC)OCC)SSSSC[Si](OCC)(OCC)OCC)(OCC)OCC. The van der Waals surface area contributed by atoms with Crippen LogP contribution >= 0.6 is 124 Å². The molecule has 1 rings (SSSR count). The average molecular weight is 1050 g/mol. The Labute approximate surface area is 384 Å². The fourth-order valence-electron chi connectivity index (χ4n) is 5.54. The molecule has 1 aliphatic rings. The normalized spacial score (nSPS) is 15.0. The van der Waals surface area contributed by atoms with E-state index in [2.05, 4.69) is 0 Å². The van der Waals surface area contributed by atoms with Gasteiger partial charge in [-0.05, 0) is 140 Å². The van der Waals surface area contributed by atoms with Gasteiger partial charge < -0.3 is 39.8 Å². The summed E-state index contributed by atoms with van der Waals surface area (Å²) in [5.41, 5.74) is 0. The van der Waals surface area contributed by atoms with Crippen molar-refractivity contribution < 1.29 is 39.8 Å². The Morgan fingerprint density at radius 1 is 0.436 bits per heavy atom. The number of hydrogen-bond acceptors (Lipinski definition) is 21. The maximum atomic E-state index is 6.13. The molecule has 24 heteroatoms. The van der Waals surface area contributed by atoms with E-state index in [4.69, 9.17) is 39.8 Å². The van der Waals surface area contributed by atoms with Crippen LogP contribution in [-0.2, 0) is 39.8 Å². The van der Waals surface area contributed by atoms with Gasteiger partial charge in [-0.2, -0.15) is 0 Å². The smallest absolute Gasteiger partial charge is 0.374 e. The Kier molecular flexibility index (Phi) is 38.5. The van der Waals surface area contributed by atoms with Gasteiger partial charge in [-0.3, -0.25) is 0 Å². The van der Waals surface area contributed by atoms with E-state index in [0.29, 0.717) is 59.5 Å². The topological polar surface area (TPSA) is 83.1 Å². The molecule has 1 fully saturated rings. The highest BCUT2D eigenvalue weighted by atomic mass is 33.7. The summed E-state index contributed by atoms with van der Waals surface area (Å²) in [6, 6.07) is 0.850. The molecule has 1 saturated carbocycles. The van der Waals surface area contributed by atoms with Crippen molar-refractivity contribution in [2.24, 2.45) is 5.92 Å². The van der Waals surface area contributed by atoms with E-state index in [0.717, 1.165) is 41.3 Å². The zero-order valence-corrected chi connectivity index (χ0v) is 47.1. The Hall–Kier alpha value is 4.49. The van der Waals surface area contributed by atoms with E-state index in [9.17, 15) is 0 Å². The van der Waals surface area contributed by atoms with Crippen molar-refractivity contribution in [1.29, 1.82) is 0 Å². The molecule has 0 amide bonds. The third-order valence-corrected chi connectivity index (χ3v) is 42.1. The fraction of sp³-hybridized carbons (Fsp3) is 1.00. The van der Waals surface area contributed by atoms with Crippen LogP contribution in [0.5, 0.6) is 0 Å². The highest BCUT2D eigenvalue weighted by Crippen LogP contribution is 2.69. The molecule has 0 unspecified atom stereocenters. The van der Waals surface area contributed by atoms with Crippen LogP contribution in [0.15, 0.2) is 0 Å². The first kappa shape index (κ1) is 57.5. The summed E-state index contributed by atoms with van der Waals surface area (Å²) in [6.07, 6.45) is 8.83. The molecule has 330 valence electrons. The molecule has 0 aromatic heterocycles. The van der Waals surface area contributed by atoms with Gasteiger partial charge in [0.1, 0.15) is 3.41 Å². The highest BCUT2D eigenvalue weighted by Gasteiger charge is 2.43. The summed E-state index contributed by atoms with van der Waals surface area (Å²) in [5.74, 6) is 1.75. The van der Waals surface area contributed by atoms with Crippen molar-refractivity contribution in [3.05, 3.63) is 0 Å². The first-order chi connectivity index (χ1) is 26.7. The van der Waals surface area contributed by atoms with Crippen molar-refractivity contribution in [2.75, 3.05) is 76.0 Å². The van der Waals surface area contributed by atoms with Gasteiger partial charge in [0.05, 0.1) is 10.8 Å². The van der Waals surface area contributed by atoms with Crippen LogP contribution in [0.1, 0.15) is 107 Å². The predicted molar refractivity (Wildman–Crippen MR) is 271 cm³/mol. The maximum Gasteiger partial charge on any atom is 0.512 e. The lowest BCUT2D eigenvalue weighted by molar-refractivity contribution is 0.0710. The summed E-state index contributed by atoms with van der Waals surface area (Å²) in [6.45, 7) is 23.6. The molecule has 0 aromatic carbocycles. The average Bonchev–Trinajstić information content (AvgIpc) is 3.15. The summed E-state index contributed by atoms with van der Waals surface area (Å²) < 4.78 is 55.0. The van der Waals surface area contributed by atoms with Crippen LogP contribution in [0.3, 0.4) is 0 Å². The molecule has 0 aromatic rings. The lowest BCUT2D eigenvalue weighted by atomic mass is 9.87. The second-order valence-corrected chi connectivity index (χ2v) is 39.7. The standard InChI is InChI=1S/C31H68O9S12Si3/c1-10-32-53(33-11-2,34-12-3)26-22-25-41-47-50-44-31(27-30-23-20-19-21-24-30,45-51-48-42-28-54(35-13-4,36-14-5)37-15-6)46-52-49-43-29-55(38-16-7,39-17-8)40-18-9/h30H,10-29H2,1-9H3. The summed E-state index contributed by atoms with van der Waals surface area (Å²) >= 11 is 0. The first-order valence-corrected chi connectivity index (χ1v) is 40.2. The Balaban J connectivity index is 3.04. The lowest BCUT2D eigenvalue weighted by Gasteiger charge is -2.34. The van der Waals surface area contributed by atoms with Gasteiger partial charge in [0.15, 0.2) is 0 Å². The van der Waals surface area contributed by atoms with Gasteiger partial charge in [-0.25, -0.2) is 0 Å². The Morgan fingerprint density at radius 2 is 0.782 bits per heavy atom. The van der Waals surface area contributed by atoms with Gasteiger partial charge in [0, 0.05) is 71.3 Å². The van der Waals surface area contributed by atoms with Crippen LogP contribution < -0.4 is 0 Å². The van der Waals surface area contributed by atoms with Crippen LogP contribution in [-0.4, -0.2) is 106 Å². The molecule has 9 nitrogen and oxygen atoms in total.